The number of amides is 2. The van der Waals surface area contributed by atoms with Crippen molar-refractivity contribution in [2.45, 2.75) is 13.3 Å². The minimum atomic E-state index is -0.268. The maximum Gasteiger partial charge on any atom is 0.253 e. The van der Waals surface area contributed by atoms with E-state index in [2.05, 4.69) is 22.9 Å². The highest BCUT2D eigenvalue weighted by molar-refractivity contribution is 6.01. The maximum atomic E-state index is 12.1. The van der Waals surface area contributed by atoms with Gasteiger partial charge in [0.1, 0.15) is 0 Å². The molecule has 0 aliphatic rings. The van der Waals surface area contributed by atoms with Gasteiger partial charge in [0.05, 0.1) is 18.7 Å². The molecule has 0 spiro atoms. The number of nitrogens with one attached hydrogen (secondary N) is 3. The number of hydrogen-bond donors (Lipinski definition) is 3. The normalized spacial score (nSPS) is 10.0. The van der Waals surface area contributed by atoms with E-state index in [0.29, 0.717) is 18.7 Å². The zero-order chi connectivity index (χ0) is 15.5. The number of methoxy groups -OCH3 is 1. The lowest BCUT2D eigenvalue weighted by Gasteiger charge is -2.11. The van der Waals surface area contributed by atoms with Gasteiger partial charge >= 0.3 is 0 Å². The number of rotatable bonds is 9. The molecule has 116 valence electrons. The molecule has 0 aliphatic carbocycles. The van der Waals surface area contributed by atoms with Crippen LogP contribution in [0.3, 0.4) is 0 Å². The Bertz CT molecular complexity index is 463. The van der Waals surface area contributed by atoms with Crippen LogP contribution in [0.4, 0.5) is 5.69 Å². The van der Waals surface area contributed by atoms with Gasteiger partial charge in [-0.05, 0) is 18.6 Å². The van der Waals surface area contributed by atoms with Gasteiger partial charge in [0, 0.05) is 25.9 Å². The van der Waals surface area contributed by atoms with E-state index in [1.54, 1.807) is 19.2 Å². The molecule has 0 unspecified atom stereocenters. The van der Waals surface area contributed by atoms with Gasteiger partial charge in [-0.25, -0.2) is 0 Å². The first kappa shape index (κ1) is 17.0. The molecule has 6 heteroatoms. The summed E-state index contributed by atoms with van der Waals surface area (Å²) in [5, 5.41) is 8.45. The van der Waals surface area contributed by atoms with E-state index < -0.39 is 0 Å². The number of hydrogen-bond acceptors (Lipinski definition) is 4. The number of ether oxygens (including phenoxy) is 1. The highest BCUT2D eigenvalue weighted by Gasteiger charge is 2.11. The lowest BCUT2D eigenvalue weighted by atomic mass is 10.1. The van der Waals surface area contributed by atoms with Crippen LogP contribution in [0.5, 0.6) is 0 Å². The van der Waals surface area contributed by atoms with Crippen molar-refractivity contribution in [1.82, 2.24) is 10.6 Å². The molecule has 0 heterocycles. The monoisotopic (exact) mass is 293 g/mol. The number of carbonyl (C=O) groups is 2. The first-order valence-corrected chi connectivity index (χ1v) is 7.05. The second-order valence-electron chi connectivity index (χ2n) is 4.50. The standard InChI is InChI=1S/C15H23N3O3/c1-3-8-16-13-7-5-4-6-12(13)15(20)18-11-14(19)17-9-10-21-2/h4-7,16H,3,8-11H2,1-2H3,(H,17,19)(H,18,20). The smallest absolute Gasteiger partial charge is 0.253 e. The summed E-state index contributed by atoms with van der Waals surface area (Å²) >= 11 is 0. The van der Waals surface area contributed by atoms with E-state index in [1.165, 1.54) is 0 Å². The topological polar surface area (TPSA) is 79.5 Å². The highest BCUT2D eigenvalue weighted by Crippen LogP contribution is 2.14. The highest BCUT2D eigenvalue weighted by atomic mass is 16.5. The Balaban J connectivity index is 2.49. The van der Waals surface area contributed by atoms with Gasteiger partial charge in [0.15, 0.2) is 0 Å². The number of benzene rings is 1. The molecular weight excluding hydrogens is 270 g/mol. The summed E-state index contributed by atoms with van der Waals surface area (Å²) in [6.45, 7) is 3.68. The SMILES string of the molecule is CCCNc1ccccc1C(=O)NCC(=O)NCCOC. The Morgan fingerprint density at radius 3 is 2.62 bits per heavy atom. The molecule has 0 aliphatic heterocycles. The molecule has 0 bridgehead atoms. The minimum Gasteiger partial charge on any atom is -0.384 e. The molecular formula is C15H23N3O3. The average molecular weight is 293 g/mol. The van der Waals surface area contributed by atoms with Crippen LogP contribution in [-0.4, -0.2) is 45.2 Å². The van der Waals surface area contributed by atoms with Gasteiger partial charge < -0.3 is 20.7 Å². The van der Waals surface area contributed by atoms with Crippen molar-refractivity contribution in [3.05, 3.63) is 29.8 Å². The Morgan fingerprint density at radius 2 is 1.90 bits per heavy atom. The van der Waals surface area contributed by atoms with E-state index in [1.807, 2.05) is 12.1 Å². The third kappa shape index (κ3) is 6.27. The first-order valence-electron chi connectivity index (χ1n) is 7.05. The fourth-order valence-corrected chi connectivity index (χ4v) is 1.71. The summed E-state index contributed by atoms with van der Waals surface area (Å²) < 4.78 is 4.83. The molecule has 1 rings (SSSR count). The van der Waals surface area contributed by atoms with Crippen molar-refractivity contribution in [1.29, 1.82) is 0 Å². The maximum absolute atomic E-state index is 12.1. The molecule has 6 nitrogen and oxygen atoms in total. The van der Waals surface area contributed by atoms with Crippen LogP contribution in [0.1, 0.15) is 23.7 Å². The van der Waals surface area contributed by atoms with Crippen molar-refractivity contribution in [2.24, 2.45) is 0 Å². The molecule has 0 atom stereocenters. The van der Waals surface area contributed by atoms with Gasteiger partial charge in [0.2, 0.25) is 5.91 Å². The molecule has 1 aromatic carbocycles. The van der Waals surface area contributed by atoms with Crippen LogP contribution in [-0.2, 0) is 9.53 Å². The minimum absolute atomic E-state index is 0.0509. The molecule has 0 fully saturated rings. The van der Waals surface area contributed by atoms with Gasteiger partial charge in [-0.1, -0.05) is 19.1 Å². The molecule has 2 amide bonds. The summed E-state index contributed by atoms with van der Waals surface area (Å²) in [6, 6.07) is 7.25. The van der Waals surface area contributed by atoms with E-state index in [-0.39, 0.29) is 18.4 Å². The second kappa shape index (κ2) is 9.77. The van der Waals surface area contributed by atoms with Gasteiger partial charge in [0.25, 0.3) is 5.91 Å². The molecule has 0 aromatic heterocycles. The Morgan fingerprint density at radius 1 is 1.14 bits per heavy atom. The fraction of sp³-hybridized carbons (Fsp3) is 0.467. The van der Waals surface area contributed by atoms with Crippen molar-refractivity contribution < 1.29 is 14.3 Å². The van der Waals surface area contributed by atoms with E-state index in [4.69, 9.17) is 4.74 Å². The van der Waals surface area contributed by atoms with Crippen LogP contribution in [0, 0.1) is 0 Å². The van der Waals surface area contributed by atoms with Crippen LogP contribution >= 0.6 is 0 Å². The van der Waals surface area contributed by atoms with Crippen molar-refractivity contribution >= 4 is 17.5 Å². The predicted molar refractivity (Wildman–Crippen MR) is 82.4 cm³/mol. The third-order valence-electron chi connectivity index (χ3n) is 2.77. The first-order chi connectivity index (χ1) is 10.2. The number of anilines is 1. The number of carbonyl (C=O) groups excluding carboxylic acids is 2. The fourth-order valence-electron chi connectivity index (χ4n) is 1.71. The van der Waals surface area contributed by atoms with Gasteiger partial charge in [-0.2, -0.15) is 0 Å². The lowest BCUT2D eigenvalue weighted by Crippen LogP contribution is -2.38. The van der Waals surface area contributed by atoms with Crippen LogP contribution in [0.2, 0.25) is 0 Å². The Hall–Kier alpha value is -2.08. The molecule has 0 saturated heterocycles. The predicted octanol–water partition coefficient (Wildman–Crippen LogP) is 1.00. The number of para-hydroxylation sites is 1. The largest absolute Gasteiger partial charge is 0.384 e. The summed E-state index contributed by atoms with van der Waals surface area (Å²) in [6.07, 6.45) is 0.970. The summed E-state index contributed by atoms with van der Waals surface area (Å²) in [4.78, 5) is 23.6. The van der Waals surface area contributed by atoms with Gasteiger partial charge in [-0.15, -0.1) is 0 Å². The quantitative estimate of drug-likeness (QED) is 0.594. The zero-order valence-corrected chi connectivity index (χ0v) is 12.6. The van der Waals surface area contributed by atoms with E-state index in [0.717, 1.165) is 18.7 Å². The van der Waals surface area contributed by atoms with Crippen LogP contribution in [0.25, 0.3) is 0 Å². The third-order valence-corrected chi connectivity index (χ3v) is 2.77. The van der Waals surface area contributed by atoms with E-state index in [9.17, 15) is 9.59 Å². The zero-order valence-electron chi connectivity index (χ0n) is 12.6. The average Bonchev–Trinajstić information content (AvgIpc) is 2.51. The van der Waals surface area contributed by atoms with Crippen LogP contribution < -0.4 is 16.0 Å². The molecule has 1 aromatic rings. The summed E-state index contributed by atoms with van der Waals surface area (Å²) in [7, 11) is 1.56. The van der Waals surface area contributed by atoms with Crippen molar-refractivity contribution in [2.75, 3.05) is 38.7 Å². The summed E-state index contributed by atoms with van der Waals surface area (Å²) in [5.74, 6) is -0.504. The summed E-state index contributed by atoms with van der Waals surface area (Å²) in [5.41, 5.74) is 1.31. The Labute approximate surface area is 125 Å². The lowest BCUT2D eigenvalue weighted by molar-refractivity contribution is -0.120. The second-order valence-corrected chi connectivity index (χ2v) is 4.50. The van der Waals surface area contributed by atoms with Crippen molar-refractivity contribution in [3.8, 4) is 0 Å². The molecule has 0 radical (unpaired) electrons. The molecule has 21 heavy (non-hydrogen) atoms. The van der Waals surface area contributed by atoms with E-state index >= 15 is 0 Å². The molecule has 0 saturated carbocycles. The van der Waals surface area contributed by atoms with Crippen molar-refractivity contribution in [3.63, 3.8) is 0 Å². The van der Waals surface area contributed by atoms with Crippen LogP contribution in [0.15, 0.2) is 24.3 Å². The molecule has 3 N–H and O–H groups in total. The Kier molecular flexibility index (Phi) is 7.89. The van der Waals surface area contributed by atoms with Gasteiger partial charge in [-0.3, -0.25) is 9.59 Å².